The number of likely N-dealkylation sites (tertiary alicyclic amines) is 1. The summed E-state index contributed by atoms with van der Waals surface area (Å²) in [7, 11) is 1.24. The van der Waals surface area contributed by atoms with Gasteiger partial charge in [-0.25, -0.2) is 9.59 Å². The summed E-state index contributed by atoms with van der Waals surface area (Å²) in [6, 6.07) is -0.883. The largest absolute Gasteiger partial charge is 0.467 e. The van der Waals surface area contributed by atoms with Gasteiger partial charge >= 0.3 is 12.1 Å². The third-order valence-corrected chi connectivity index (χ3v) is 2.92. The van der Waals surface area contributed by atoms with E-state index in [1.165, 1.54) is 12.0 Å². The maximum atomic E-state index is 12.1. The van der Waals surface area contributed by atoms with E-state index in [0.717, 1.165) is 0 Å². The van der Waals surface area contributed by atoms with Crippen molar-refractivity contribution in [3.05, 3.63) is 0 Å². The average molecular weight is 271 g/mol. The van der Waals surface area contributed by atoms with E-state index in [0.29, 0.717) is 25.7 Å². The van der Waals surface area contributed by atoms with Crippen LogP contribution in [0.15, 0.2) is 0 Å². The Balaban J connectivity index is 2.91. The lowest BCUT2D eigenvalue weighted by atomic mass is 9.90. The normalized spacial score (nSPS) is 23.7. The zero-order valence-corrected chi connectivity index (χ0v) is 11.8. The molecule has 1 amide bonds. The van der Waals surface area contributed by atoms with Crippen LogP contribution in [-0.4, -0.2) is 48.5 Å². The minimum atomic E-state index is -0.883. The highest BCUT2D eigenvalue weighted by Crippen LogP contribution is 2.25. The number of aldehydes is 1. The number of ether oxygens (including phenoxy) is 2. The number of rotatable bonds is 2. The molecule has 6 nitrogen and oxygen atoms in total. The highest BCUT2D eigenvalue weighted by molar-refractivity contribution is 5.85. The van der Waals surface area contributed by atoms with Crippen molar-refractivity contribution in [2.75, 3.05) is 13.7 Å². The van der Waals surface area contributed by atoms with Gasteiger partial charge in [0.05, 0.1) is 7.11 Å². The van der Waals surface area contributed by atoms with Gasteiger partial charge in [-0.05, 0) is 33.6 Å². The lowest BCUT2D eigenvalue weighted by Gasteiger charge is -2.37. The van der Waals surface area contributed by atoms with E-state index in [2.05, 4.69) is 4.74 Å². The van der Waals surface area contributed by atoms with Crippen LogP contribution in [0.2, 0.25) is 0 Å². The Bertz CT molecular complexity index is 361. The molecule has 1 saturated heterocycles. The quantitative estimate of drug-likeness (QED) is 0.560. The molecule has 0 bridgehead atoms. The lowest BCUT2D eigenvalue weighted by molar-refractivity contribution is -0.151. The van der Waals surface area contributed by atoms with E-state index in [1.54, 1.807) is 20.8 Å². The Kier molecular flexibility index (Phi) is 4.91. The van der Waals surface area contributed by atoms with Crippen molar-refractivity contribution in [2.45, 2.75) is 45.3 Å². The SMILES string of the molecule is COC(=O)[C@@H]1[C@H](C=O)CCCN1C(=O)OC(C)(C)C. The van der Waals surface area contributed by atoms with Crippen molar-refractivity contribution in [1.29, 1.82) is 0 Å². The summed E-state index contributed by atoms with van der Waals surface area (Å²) in [5.74, 6) is -1.11. The summed E-state index contributed by atoms with van der Waals surface area (Å²) in [5, 5.41) is 0. The highest BCUT2D eigenvalue weighted by Gasteiger charge is 2.41. The second kappa shape index (κ2) is 6.04. The van der Waals surface area contributed by atoms with Crippen molar-refractivity contribution in [1.82, 2.24) is 4.90 Å². The molecule has 0 saturated carbocycles. The minimum Gasteiger partial charge on any atom is -0.467 e. The van der Waals surface area contributed by atoms with Crippen molar-refractivity contribution in [2.24, 2.45) is 5.92 Å². The van der Waals surface area contributed by atoms with Gasteiger partial charge in [0, 0.05) is 12.5 Å². The summed E-state index contributed by atoms with van der Waals surface area (Å²) in [6.45, 7) is 5.64. The van der Waals surface area contributed by atoms with Crippen molar-refractivity contribution in [3.63, 3.8) is 0 Å². The van der Waals surface area contributed by atoms with Crippen LogP contribution in [0.1, 0.15) is 33.6 Å². The van der Waals surface area contributed by atoms with Crippen LogP contribution in [0.25, 0.3) is 0 Å². The third kappa shape index (κ3) is 3.94. The lowest BCUT2D eigenvalue weighted by Crippen LogP contribution is -2.54. The fraction of sp³-hybridized carbons (Fsp3) is 0.769. The van der Waals surface area contributed by atoms with Crippen LogP contribution in [0.4, 0.5) is 4.79 Å². The molecule has 0 aromatic carbocycles. The minimum absolute atomic E-state index is 0.388. The van der Waals surface area contributed by atoms with Crippen LogP contribution in [-0.2, 0) is 19.1 Å². The number of carbonyl (C=O) groups is 3. The molecule has 0 N–H and O–H groups in total. The number of hydrogen-bond donors (Lipinski definition) is 0. The zero-order valence-electron chi connectivity index (χ0n) is 11.8. The zero-order chi connectivity index (χ0) is 14.6. The predicted molar refractivity (Wildman–Crippen MR) is 67.5 cm³/mol. The molecule has 0 spiro atoms. The summed E-state index contributed by atoms with van der Waals surface area (Å²) in [5.41, 5.74) is -0.647. The molecule has 1 aliphatic rings. The van der Waals surface area contributed by atoms with E-state index in [9.17, 15) is 14.4 Å². The molecule has 0 aromatic heterocycles. The summed E-state index contributed by atoms with van der Waals surface area (Å²) < 4.78 is 9.94. The third-order valence-electron chi connectivity index (χ3n) is 2.92. The predicted octanol–water partition coefficient (Wildman–Crippen LogP) is 1.37. The van der Waals surface area contributed by atoms with Gasteiger partial charge in [0.2, 0.25) is 0 Å². The molecular formula is C13H21NO5. The number of hydrogen-bond acceptors (Lipinski definition) is 5. The van der Waals surface area contributed by atoms with Gasteiger partial charge in [-0.2, -0.15) is 0 Å². The first-order chi connectivity index (χ1) is 8.80. The highest BCUT2D eigenvalue weighted by atomic mass is 16.6. The second-order valence-corrected chi connectivity index (χ2v) is 5.58. The number of piperidine rings is 1. The maximum Gasteiger partial charge on any atom is 0.411 e. The van der Waals surface area contributed by atoms with Gasteiger partial charge in [-0.3, -0.25) is 4.90 Å². The van der Waals surface area contributed by atoms with Crippen LogP contribution in [0, 0.1) is 5.92 Å². The summed E-state index contributed by atoms with van der Waals surface area (Å²) in [6.07, 6.45) is 1.35. The average Bonchev–Trinajstić information content (AvgIpc) is 2.34. The molecule has 0 aliphatic carbocycles. The molecule has 0 aromatic rings. The van der Waals surface area contributed by atoms with E-state index in [4.69, 9.17) is 4.74 Å². The Morgan fingerprint density at radius 3 is 2.42 bits per heavy atom. The van der Waals surface area contributed by atoms with Gasteiger partial charge in [-0.15, -0.1) is 0 Å². The van der Waals surface area contributed by atoms with Gasteiger partial charge in [0.1, 0.15) is 17.9 Å². The fourth-order valence-electron chi connectivity index (χ4n) is 2.12. The Labute approximate surface area is 113 Å². The smallest absolute Gasteiger partial charge is 0.411 e. The van der Waals surface area contributed by atoms with E-state index in [1.807, 2.05) is 0 Å². The number of methoxy groups -OCH3 is 1. The summed E-state index contributed by atoms with van der Waals surface area (Å²) >= 11 is 0. The Morgan fingerprint density at radius 1 is 1.32 bits per heavy atom. The van der Waals surface area contributed by atoms with Crippen LogP contribution in [0.5, 0.6) is 0 Å². The molecule has 1 fully saturated rings. The summed E-state index contributed by atoms with van der Waals surface area (Å²) in [4.78, 5) is 36.2. The monoisotopic (exact) mass is 271 g/mol. The first kappa shape index (κ1) is 15.5. The second-order valence-electron chi connectivity index (χ2n) is 5.58. The van der Waals surface area contributed by atoms with Crippen molar-refractivity contribution < 1.29 is 23.9 Å². The first-order valence-corrected chi connectivity index (χ1v) is 6.33. The Morgan fingerprint density at radius 2 is 1.95 bits per heavy atom. The topological polar surface area (TPSA) is 72.9 Å². The van der Waals surface area contributed by atoms with Gasteiger partial charge < -0.3 is 14.3 Å². The molecule has 0 radical (unpaired) electrons. The van der Waals surface area contributed by atoms with Crippen LogP contribution >= 0.6 is 0 Å². The van der Waals surface area contributed by atoms with E-state index in [-0.39, 0.29) is 0 Å². The van der Waals surface area contributed by atoms with Crippen LogP contribution in [0.3, 0.4) is 0 Å². The molecule has 1 rings (SSSR count). The number of nitrogens with zero attached hydrogens (tertiary/aromatic N) is 1. The molecule has 1 heterocycles. The standard InChI is InChI=1S/C13H21NO5/c1-13(2,3)19-12(17)14-7-5-6-9(8-15)10(14)11(16)18-4/h8-10H,5-7H2,1-4H3/t9-,10-/m0/s1. The first-order valence-electron chi connectivity index (χ1n) is 6.33. The molecule has 108 valence electrons. The van der Waals surface area contributed by atoms with Gasteiger partial charge in [0.25, 0.3) is 0 Å². The van der Waals surface area contributed by atoms with Gasteiger partial charge in [-0.1, -0.05) is 0 Å². The van der Waals surface area contributed by atoms with E-state index < -0.39 is 29.6 Å². The molecule has 6 heteroatoms. The van der Waals surface area contributed by atoms with Crippen LogP contribution < -0.4 is 0 Å². The number of carbonyl (C=O) groups excluding carboxylic acids is 3. The van der Waals surface area contributed by atoms with Gasteiger partial charge in [0.15, 0.2) is 0 Å². The van der Waals surface area contributed by atoms with Crippen molar-refractivity contribution in [3.8, 4) is 0 Å². The molecule has 19 heavy (non-hydrogen) atoms. The number of amides is 1. The van der Waals surface area contributed by atoms with E-state index >= 15 is 0 Å². The fourth-order valence-corrected chi connectivity index (χ4v) is 2.12. The van der Waals surface area contributed by atoms with Crippen molar-refractivity contribution >= 4 is 18.3 Å². The molecule has 1 aliphatic heterocycles. The molecule has 0 unspecified atom stereocenters. The Hall–Kier alpha value is -1.59. The number of esters is 1. The molecule has 2 atom stereocenters. The molecular weight excluding hydrogens is 250 g/mol. The maximum absolute atomic E-state index is 12.1.